The maximum atomic E-state index is 11.6. The van der Waals surface area contributed by atoms with Crippen molar-refractivity contribution in [2.45, 2.75) is 177 Å². The summed E-state index contributed by atoms with van der Waals surface area (Å²) in [6, 6.07) is 3.58. The second kappa shape index (κ2) is 9.80. The molecule has 1 heterocycles. The molecular formula is C38H68O3Si. The van der Waals surface area contributed by atoms with Gasteiger partial charge in [-0.25, -0.2) is 0 Å². The van der Waals surface area contributed by atoms with Crippen LogP contribution in [0.5, 0.6) is 0 Å². The zero-order valence-corrected chi connectivity index (χ0v) is 30.7. The molecule has 5 aliphatic carbocycles. The first kappa shape index (κ1) is 32.1. The molecular weight excluding hydrogens is 533 g/mol. The van der Waals surface area contributed by atoms with Gasteiger partial charge in [0.15, 0.2) is 8.32 Å². The summed E-state index contributed by atoms with van der Waals surface area (Å²) >= 11 is 0. The third-order valence-corrected chi connectivity index (χ3v) is 21.5. The van der Waals surface area contributed by atoms with Crippen LogP contribution in [0.4, 0.5) is 0 Å². The molecule has 13 atom stereocenters. The highest BCUT2D eigenvalue weighted by molar-refractivity contribution is 6.73. The highest BCUT2D eigenvalue weighted by Crippen LogP contribution is 2.89. The van der Waals surface area contributed by atoms with Crippen LogP contribution in [0.25, 0.3) is 0 Å². The van der Waals surface area contributed by atoms with Crippen molar-refractivity contribution in [1.29, 1.82) is 0 Å². The Labute approximate surface area is 261 Å². The van der Waals surface area contributed by atoms with Crippen LogP contribution in [-0.2, 0) is 9.16 Å². The molecule has 0 aromatic heterocycles. The van der Waals surface area contributed by atoms with Gasteiger partial charge in [0, 0.05) is 5.41 Å². The molecule has 0 aromatic carbocycles. The Morgan fingerprint density at radius 1 is 0.881 bits per heavy atom. The van der Waals surface area contributed by atoms with Gasteiger partial charge in [-0.3, -0.25) is 0 Å². The molecule has 0 bridgehead atoms. The van der Waals surface area contributed by atoms with Gasteiger partial charge < -0.3 is 14.3 Å². The van der Waals surface area contributed by atoms with Crippen molar-refractivity contribution in [3.05, 3.63) is 0 Å². The quantitative estimate of drug-likeness (QED) is 0.308. The van der Waals surface area contributed by atoms with Crippen LogP contribution >= 0.6 is 0 Å². The maximum absolute atomic E-state index is 11.6. The van der Waals surface area contributed by atoms with E-state index >= 15 is 0 Å². The first-order valence-electron chi connectivity index (χ1n) is 18.5. The predicted octanol–water partition coefficient (Wildman–Crippen LogP) is 9.87. The van der Waals surface area contributed by atoms with Gasteiger partial charge in [0.2, 0.25) is 0 Å². The van der Waals surface area contributed by atoms with E-state index < -0.39 is 14.4 Å². The van der Waals surface area contributed by atoms with Gasteiger partial charge in [0.05, 0.1) is 24.4 Å². The summed E-state index contributed by atoms with van der Waals surface area (Å²) in [4.78, 5) is 0. The molecule has 2 spiro atoms. The van der Waals surface area contributed by atoms with Crippen LogP contribution in [0.15, 0.2) is 0 Å². The number of fused-ring (bicyclic) bond motifs is 4. The molecule has 0 radical (unpaired) electrons. The monoisotopic (exact) mass is 600 g/mol. The Balaban J connectivity index is 1.45. The first-order chi connectivity index (χ1) is 19.4. The predicted molar refractivity (Wildman–Crippen MR) is 177 cm³/mol. The Morgan fingerprint density at radius 2 is 1.48 bits per heavy atom. The molecule has 242 valence electrons. The number of hydrogen-bond acceptors (Lipinski definition) is 3. The van der Waals surface area contributed by atoms with Crippen molar-refractivity contribution < 1.29 is 14.3 Å². The lowest BCUT2D eigenvalue weighted by molar-refractivity contribution is -0.186. The van der Waals surface area contributed by atoms with Crippen molar-refractivity contribution in [3.63, 3.8) is 0 Å². The summed E-state index contributed by atoms with van der Waals surface area (Å²) in [5.74, 6) is 3.51. The van der Waals surface area contributed by atoms with Gasteiger partial charge in [0.1, 0.15) is 0 Å². The molecule has 6 fully saturated rings. The summed E-state index contributed by atoms with van der Waals surface area (Å²) in [6.45, 7) is 29.5. The number of rotatable bonds is 6. The van der Waals surface area contributed by atoms with Crippen LogP contribution in [-0.4, -0.2) is 37.8 Å². The normalized spacial score (nSPS) is 51.9. The fourth-order valence-electron chi connectivity index (χ4n) is 13.7. The Bertz CT molecular complexity index is 1040. The van der Waals surface area contributed by atoms with Gasteiger partial charge >= 0.3 is 0 Å². The van der Waals surface area contributed by atoms with E-state index in [4.69, 9.17) is 9.16 Å². The van der Waals surface area contributed by atoms with Crippen LogP contribution < -0.4 is 0 Å². The number of aliphatic hydroxyl groups excluding tert-OH is 1. The Hall–Kier alpha value is 0.0969. The maximum Gasteiger partial charge on any atom is 0.192 e. The summed E-state index contributed by atoms with van der Waals surface area (Å²) in [5.41, 5.74) is 1.69. The van der Waals surface area contributed by atoms with Crippen LogP contribution in [0.1, 0.15) is 134 Å². The summed E-state index contributed by atoms with van der Waals surface area (Å²) in [7, 11) is -1.90. The molecule has 6 rings (SSSR count). The summed E-state index contributed by atoms with van der Waals surface area (Å²) in [5, 5.41) is 11.6. The van der Waals surface area contributed by atoms with E-state index in [1.165, 1.54) is 63.1 Å². The first-order valence-corrected chi connectivity index (χ1v) is 21.0. The smallest absolute Gasteiger partial charge is 0.192 e. The van der Waals surface area contributed by atoms with Crippen molar-refractivity contribution in [2.75, 3.05) is 0 Å². The van der Waals surface area contributed by atoms with Crippen molar-refractivity contribution in [2.24, 2.45) is 62.1 Å². The molecule has 4 heteroatoms. The standard InChI is InChI=1S/C38H68O3Si/c1-13-42(14-2,15-3)41-32-30-29(24(4)22-26(40-30)31(39)33(6,7)8)35(11)20-21-38-23-37(38)19-18-25(5)34(9,10)27(37)16-17-28(38)36(32,35)12/h24-32,39H,13-23H2,1-12H3/t24?,25?,26?,27-,28-,29?,30?,31?,32-,35+,36+,37+,38?/m0/s1. The third-order valence-electron chi connectivity index (χ3n) is 16.9. The number of aliphatic hydroxyl groups is 1. The molecule has 6 aliphatic rings. The zero-order valence-electron chi connectivity index (χ0n) is 29.7. The Kier molecular flexibility index (Phi) is 7.48. The zero-order chi connectivity index (χ0) is 30.9. The second-order valence-corrected chi connectivity index (χ2v) is 23.8. The summed E-state index contributed by atoms with van der Waals surface area (Å²) in [6.07, 6.45) is 10.6. The highest BCUT2D eigenvalue weighted by atomic mass is 28.4. The van der Waals surface area contributed by atoms with Crippen molar-refractivity contribution in [1.82, 2.24) is 0 Å². The molecule has 1 saturated heterocycles. The van der Waals surface area contributed by atoms with Gasteiger partial charge in [-0.15, -0.1) is 0 Å². The van der Waals surface area contributed by atoms with Gasteiger partial charge in [0.25, 0.3) is 0 Å². The largest absolute Gasteiger partial charge is 0.411 e. The van der Waals surface area contributed by atoms with E-state index in [-0.39, 0.29) is 34.6 Å². The molecule has 3 nitrogen and oxygen atoms in total. The van der Waals surface area contributed by atoms with Crippen molar-refractivity contribution in [3.8, 4) is 0 Å². The van der Waals surface area contributed by atoms with Gasteiger partial charge in [-0.05, 0) is 126 Å². The molecule has 0 aromatic rings. The number of hydrogen-bond donors (Lipinski definition) is 1. The average Bonchev–Trinajstić information content (AvgIpc) is 3.56. The Morgan fingerprint density at radius 3 is 2.07 bits per heavy atom. The van der Waals surface area contributed by atoms with E-state index in [0.717, 1.165) is 24.2 Å². The van der Waals surface area contributed by atoms with E-state index in [9.17, 15) is 5.11 Å². The summed E-state index contributed by atoms with van der Waals surface area (Å²) < 4.78 is 15.2. The molecule has 42 heavy (non-hydrogen) atoms. The molecule has 1 aliphatic heterocycles. The van der Waals surface area contributed by atoms with Crippen LogP contribution in [0.3, 0.4) is 0 Å². The highest BCUT2D eigenvalue weighted by Gasteiger charge is 2.84. The lowest BCUT2D eigenvalue weighted by atomic mass is 9.41. The van der Waals surface area contributed by atoms with E-state index in [0.29, 0.717) is 28.1 Å². The minimum Gasteiger partial charge on any atom is -0.411 e. The SMILES string of the molecule is CC[Si](CC)(CC)O[C@H]1C2OC(C(O)C(C)(C)C)CC(C)C2[C@@]2(C)CCC34C[C@@]35CCC(C)C(C)(C)[C@@H]5CC[C@H]4[C@]12C. The third kappa shape index (κ3) is 3.85. The van der Waals surface area contributed by atoms with Crippen LogP contribution in [0.2, 0.25) is 18.1 Å². The average molecular weight is 601 g/mol. The van der Waals surface area contributed by atoms with E-state index in [2.05, 4.69) is 83.1 Å². The molecule has 1 N–H and O–H groups in total. The number of ether oxygens (including phenoxy) is 1. The fraction of sp³-hybridized carbons (Fsp3) is 1.00. The molecule has 7 unspecified atom stereocenters. The van der Waals surface area contributed by atoms with E-state index in [1.807, 2.05) is 0 Å². The van der Waals surface area contributed by atoms with Gasteiger partial charge in [-0.1, -0.05) is 83.1 Å². The lowest BCUT2D eigenvalue weighted by Gasteiger charge is -2.64. The van der Waals surface area contributed by atoms with Crippen molar-refractivity contribution >= 4 is 8.32 Å². The van der Waals surface area contributed by atoms with E-state index in [1.54, 1.807) is 0 Å². The molecule has 0 amide bonds. The van der Waals surface area contributed by atoms with Gasteiger partial charge in [-0.2, -0.15) is 0 Å². The fourth-order valence-corrected chi connectivity index (χ4v) is 16.6. The van der Waals surface area contributed by atoms with Crippen LogP contribution in [0, 0.1) is 62.1 Å². The minimum absolute atomic E-state index is 0.0988. The lowest BCUT2D eigenvalue weighted by Crippen LogP contribution is -2.60. The molecule has 5 saturated carbocycles. The minimum atomic E-state index is -1.90. The topological polar surface area (TPSA) is 38.7 Å². The second-order valence-electron chi connectivity index (χ2n) is 19.1.